The van der Waals surface area contributed by atoms with E-state index in [2.05, 4.69) is 44.9 Å². The maximum atomic E-state index is 13.0. The number of methoxy groups -OCH3 is 1. The zero-order valence-electron chi connectivity index (χ0n) is 24.1. The van der Waals surface area contributed by atoms with Gasteiger partial charge < -0.3 is 19.0 Å². The second-order valence-corrected chi connectivity index (χ2v) is 7.91. The fraction of sp³-hybridized carbons (Fsp3) is 0.484. The number of fused-ring (bicyclic) bond motifs is 1. The highest BCUT2D eigenvalue weighted by Gasteiger charge is 2.18. The minimum Gasteiger partial charge on any atom is -0.497 e. The van der Waals surface area contributed by atoms with E-state index >= 15 is 0 Å². The van der Waals surface area contributed by atoms with E-state index in [0.29, 0.717) is 6.54 Å². The fourth-order valence-electron chi connectivity index (χ4n) is 3.51. The summed E-state index contributed by atoms with van der Waals surface area (Å²) >= 11 is 0. The molecule has 0 spiro atoms. The van der Waals surface area contributed by atoms with Crippen molar-refractivity contribution in [2.45, 2.75) is 80.7 Å². The summed E-state index contributed by atoms with van der Waals surface area (Å²) in [4.78, 5) is 23.0. The molecule has 0 aliphatic heterocycles. The van der Waals surface area contributed by atoms with Gasteiger partial charge in [0.25, 0.3) is 0 Å². The first kappa shape index (κ1) is 35.1. The molecule has 0 radical (unpaired) electrons. The highest BCUT2D eigenvalue weighted by atomic mass is 16.5. The zero-order valence-corrected chi connectivity index (χ0v) is 24.1. The van der Waals surface area contributed by atoms with Crippen molar-refractivity contribution in [3.8, 4) is 5.75 Å². The van der Waals surface area contributed by atoms with Gasteiger partial charge in [0.2, 0.25) is 5.91 Å². The van der Waals surface area contributed by atoms with E-state index in [0.717, 1.165) is 55.7 Å². The zero-order chi connectivity index (χ0) is 27.9. The normalized spacial score (nSPS) is 10.1. The van der Waals surface area contributed by atoms with E-state index in [-0.39, 0.29) is 5.91 Å². The monoisotopic (exact) mass is 498 g/mol. The number of aryl methyl sites for hydroxylation is 1. The lowest BCUT2D eigenvalue weighted by molar-refractivity contribution is -0.132. The summed E-state index contributed by atoms with van der Waals surface area (Å²) in [7, 11) is 1.68. The van der Waals surface area contributed by atoms with Crippen molar-refractivity contribution in [3.05, 3.63) is 66.4 Å². The first-order chi connectivity index (χ1) is 17.4. The standard InChI is InChI=1S/C21H32N2O2.C7H10.C2H6.CH2O/c1-6-8-12-22(13-9-7-2)21(24)15-23-17(4)16(3)19-11-10-18(25-5)14-20(19)23;1-3-5-7-6-4-2;2*1-2/h10-11,14H,6-9,12-13,15H2,1-5H3;3-7H,1H2,2H3;1-2H3;1H2/b;6-4-,7-5-;;. The summed E-state index contributed by atoms with van der Waals surface area (Å²) in [6, 6.07) is 6.10. The van der Waals surface area contributed by atoms with Gasteiger partial charge in [-0.3, -0.25) is 4.79 Å². The summed E-state index contributed by atoms with van der Waals surface area (Å²) < 4.78 is 7.52. The molecule has 0 unspecified atom stereocenters. The molecule has 1 aromatic heterocycles. The third kappa shape index (κ3) is 12.1. The van der Waals surface area contributed by atoms with Gasteiger partial charge in [0.1, 0.15) is 19.1 Å². The van der Waals surface area contributed by atoms with Crippen LogP contribution in [-0.2, 0) is 16.1 Å². The predicted octanol–water partition coefficient (Wildman–Crippen LogP) is 7.84. The van der Waals surface area contributed by atoms with Crippen LogP contribution in [0.25, 0.3) is 10.9 Å². The molecule has 0 fully saturated rings. The number of carbonyl (C=O) groups excluding carboxylic acids is 2. The molecule has 5 nitrogen and oxygen atoms in total. The van der Waals surface area contributed by atoms with Crippen LogP contribution in [0.5, 0.6) is 5.75 Å². The lowest BCUT2D eigenvalue weighted by Crippen LogP contribution is -2.35. The second-order valence-electron chi connectivity index (χ2n) is 7.91. The molecule has 0 bridgehead atoms. The Kier molecular flexibility index (Phi) is 21.8. The fourth-order valence-corrected chi connectivity index (χ4v) is 3.51. The van der Waals surface area contributed by atoms with E-state index in [1.807, 2.05) is 68.9 Å². The molecule has 2 aromatic rings. The number of ether oxygens (including phenoxy) is 1. The Bertz CT molecular complexity index is 918. The quantitative estimate of drug-likeness (QED) is 0.296. The minimum absolute atomic E-state index is 0.213. The Balaban J connectivity index is 0. The van der Waals surface area contributed by atoms with E-state index in [4.69, 9.17) is 9.53 Å². The molecule has 202 valence electrons. The number of benzene rings is 1. The summed E-state index contributed by atoms with van der Waals surface area (Å²) in [5, 5.41) is 1.19. The average Bonchev–Trinajstić information content (AvgIpc) is 3.15. The van der Waals surface area contributed by atoms with Gasteiger partial charge in [-0.2, -0.15) is 0 Å². The Morgan fingerprint density at radius 3 is 2.08 bits per heavy atom. The third-order valence-corrected chi connectivity index (χ3v) is 5.61. The van der Waals surface area contributed by atoms with Gasteiger partial charge in [-0.25, -0.2) is 0 Å². The number of hydrogen-bond acceptors (Lipinski definition) is 3. The van der Waals surface area contributed by atoms with Crippen LogP contribution in [-0.4, -0.2) is 42.4 Å². The molecular formula is C31H50N2O3. The number of unbranched alkanes of at least 4 members (excludes halogenated alkanes) is 2. The van der Waals surface area contributed by atoms with Crippen molar-refractivity contribution < 1.29 is 14.3 Å². The van der Waals surface area contributed by atoms with Gasteiger partial charge in [0.05, 0.1) is 12.6 Å². The number of nitrogens with zero attached hydrogens (tertiary/aromatic N) is 2. The Morgan fingerprint density at radius 2 is 1.61 bits per heavy atom. The van der Waals surface area contributed by atoms with Crippen molar-refractivity contribution in [1.29, 1.82) is 0 Å². The molecule has 0 aliphatic carbocycles. The molecule has 2 rings (SSSR count). The van der Waals surface area contributed by atoms with E-state index < -0.39 is 0 Å². The molecule has 0 saturated carbocycles. The topological polar surface area (TPSA) is 51.5 Å². The molecule has 1 aromatic carbocycles. The van der Waals surface area contributed by atoms with Gasteiger partial charge >= 0.3 is 0 Å². The molecule has 0 aliphatic rings. The van der Waals surface area contributed by atoms with Crippen molar-refractivity contribution in [2.24, 2.45) is 0 Å². The summed E-state index contributed by atoms with van der Waals surface area (Å²) in [5.74, 6) is 1.04. The van der Waals surface area contributed by atoms with E-state index in [1.165, 1.54) is 10.9 Å². The summed E-state index contributed by atoms with van der Waals surface area (Å²) in [5.41, 5.74) is 3.47. The van der Waals surface area contributed by atoms with Gasteiger partial charge in [-0.1, -0.05) is 77.5 Å². The number of amides is 1. The molecule has 0 N–H and O–H groups in total. The van der Waals surface area contributed by atoms with Crippen LogP contribution < -0.4 is 4.74 Å². The number of rotatable bonds is 11. The molecule has 0 saturated heterocycles. The van der Waals surface area contributed by atoms with Crippen molar-refractivity contribution in [2.75, 3.05) is 20.2 Å². The van der Waals surface area contributed by atoms with Gasteiger partial charge in [-0.15, -0.1) is 0 Å². The first-order valence-corrected chi connectivity index (χ1v) is 13.0. The number of aromatic nitrogens is 1. The van der Waals surface area contributed by atoms with Gasteiger partial charge in [0, 0.05) is 30.2 Å². The van der Waals surface area contributed by atoms with Crippen LogP contribution in [0.3, 0.4) is 0 Å². The predicted molar refractivity (Wildman–Crippen MR) is 157 cm³/mol. The number of carbonyl (C=O) groups is 2. The summed E-state index contributed by atoms with van der Waals surface area (Å²) in [6.45, 7) is 22.2. The molecular weight excluding hydrogens is 448 g/mol. The van der Waals surface area contributed by atoms with Gasteiger partial charge in [0.15, 0.2) is 0 Å². The molecule has 0 atom stereocenters. The molecule has 36 heavy (non-hydrogen) atoms. The number of allylic oxidation sites excluding steroid dienone is 5. The highest BCUT2D eigenvalue weighted by molar-refractivity contribution is 5.88. The van der Waals surface area contributed by atoms with E-state index in [9.17, 15) is 4.79 Å². The van der Waals surface area contributed by atoms with Crippen LogP contribution in [0.15, 0.2) is 55.2 Å². The van der Waals surface area contributed by atoms with Crippen LogP contribution in [0.2, 0.25) is 0 Å². The van der Waals surface area contributed by atoms with Crippen LogP contribution in [0.4, 0.5) is 0 Å². The Labute approximate surface area is 220 Å². The average molecular weight is 499 g/mol. The van der Waals surface area contributed by atoms with Crippen LogP contribution >= 0.6 is 0 Å². The van der Waals surface area contributed by atoms with E-state index in [1.54, 1.807) is 13.2 Å². The molecule has 1 amide bonds. The third-order valence-electron chi connectivity index (χ3n) is 5.61. The van der Waals surface area contributed by atoms with Crippen molar-refractivity contribution >= 4 is 23.6 Å². The second kappa shape index (κ2) is 22.4. The SMILES string of the molecule is C=C/C=C\C=C/C.C=O.CC.CCCCN(CCCC)C(=O)Cn1c(C)c(C)c2ccc(OC)cc21. The minimum atomic E-state index is 0.213. The van der Waals surface area contributed by atoms with Crippen LogP contribution in [0.1, 0.15) is 71.6 Å². The maximum Gasteiger partial charge on any atom is 0.242 e. The molecule has 5 heteroatoms. The van der Waals surface area contributed by atoms with Gasteiger partial charge in [-0.05, 0) is 51.3 Å². The highest BCUT2D eigenvalue weighted by Crippen LogP contribution is 2.28. The van der Waals surface area contributed by atoms with Crippen LogP contribution in [0, 0.1) is 13.8 Å². The first-order valence-electron chi connectivity index (χ1n) is 13.0. The molecule has 1 heterocycles. The smallest absolute Gasteiger partial charge is 0.242 e. The Morgan fingerprint density at radius 1 is 1.03 bits per heavy atom. The summed E-state index contributed by atoms with van der Waals surface area (Å²) in [6.07, 6.45) is 13.9. The maximum absolute atomic E-state index is 13.0. The lowest BCUT2D eigenvalue weighted by atomic mass is 10.1. The lowest BCUT2D eigenvalue weighted by Gasteiger charge is -2.23. The number of hydrogen-bond donors (Lipinski definition) is 0. The largest absolute Gasteiger partial charge is 0.497 e. The van der Waals surface area contributed by atoms with Crippen molar-refractivity contribution in [1.82, 2.24) is 9.47 Å². The Hall–Kier alpha value is -3.08. The van der Waals surface area contributed by atoms with Crippen molar-refractivity contribution in [3.63, 3.8) is 0 Å².